The van der Waals surface area contributed by atoms with Crippen LogP contribution >= 0.6 is 39.0 Å². The van der Waals surface area contributed by atoms with Gasteiger partial charge in [-0.25, -0.2) is 29.9 Å². The van der Waals surface area contributed by atoms with E-state index >= 15 is 0 Å². The Morgan fingerprint density at radius 1 is 0.904 bits per heavy atom. The zero-order chi connectivity index (χ0) is 36.9. The number of aliphatic hydroxyl groups is 4. The summed E-state index contributed by atoms with van der Waals surface area (Å²) in [6, 6.07) is 0. The average molecular weight is 801 g/mol. The number of rotatable bonds is 14. The first kappa shape index (κ1) is 39.4. The lowest BCUT2D eigenvalue weighted by atomic mass is 9.91. The zero-order valence-electron chi connectivity index (χ0n) is 28.2. The van der Waals surface area contributed by atoms with Crippen LogP contribution in [0.4, 0.5) is 0 Å². The second-order valence-electron chi connectivity index (χ2n) is 12.9. The first-order valence-electron chi connectivity index (χ1n) is 17.0. The molecule has 0 amide bonds. The van der Waals surface area contributed by atoms with Crippen molar-refractivity contribution < 1.29 is 48.1 Å². The summed E-state index contributed by atoms with van der Waals surface area (Å²) in [5, 5.41) is 40.6. The van der Waals surface area contributed by atoms with Crippen molar-refractivity contribution in [3.63, 3.8) is 0 Å². The molecule has 2 aliphatic rings. The summed E-state index contributed by atoms with van der Waals surface area (Å²) in [6.07, 6.45) is 5.30. The number of aromatic nitrogens is 8. The van der Waals surface area contributed by atoms with Crippen LogP contribution in [0, 0.1) is 0 Å². The molecule has 4 N–H and O–H groups in total. The largest absolute Gasteiger partial charge is 0.582 e. The second kappa shape index (κ2) is 17.9. The molecule has 2 fully saturated rings. The van der Waals surface area contributed by atoms with Crippen molar-refractivity contribution in [3.8, 4) is 0 Å². The van der Waals surface area contributed by atoms with E-state index in [4.69, 9.17) is 18.5 Å². The minimum absolute atomic E-state index is 0.100. The Bertz CT molecular complexity index is 1860. The third-order valence-electron chi connectivity index (χ3n) is 9.71. The topological polar surface area (TPSA) is 239 Å². The van der Waals surface area contributed by atoms with Gasteiger partial charge in [-0.05, 0) is 41.7 Å². The van der Waals surface area contributed by atoms with Crippen molar-refractivity contribution in [2.24, 2.45) is 0 Å². The summed E-state index contributed by atoms with van der Waals surface area (Å²) in [7, 11) is -4.58. The van der Waals surface area contributed by atoms with Crippen LogP contribution in [-0.2, 0) is 27.7 Å². The molecule has 4 aromatic heterocycles. The van der Waals surface area contributed by atoms with Gasteiger partial charge in [0.15, 0.2) is 23.6 Å². The zero-order valence-corrected chi connectivity index (χ0v) is 31.8. The molecular weight excluding hydrogens is 758 g/mol. The molecule has 11 atom stereocenters. The highest BCUT2D eigenvalue weighted by atomic mass is 32.7. The highest BCUT2D eigenvalue weighted by Gasteiger charge is 2.50. The molecule has 282 valence electrons. The molecule has 6 rings (SSSR count). The summed E-state index contributed by atoms with van der Waals surface area (Å²) in [4.78, 5) is 27.6. The molecule has 6 unspecified atom stereocenters. The van der Waals surface area contributed by atoms with Gasteiger partial charge in [0.2, 0.25) is 0 Å². The Morgan fingerprint density at radius 3 is 2.13 bits per heavy atom. The number of hydrogen-bond donors (Lipinski definition) is 6. The van der Waals surface area contributed by atoms with Crippen LogP contribution in [0.25, 0.3) is 22.3 Å². The van der Waals surface area contributed by atoms with E-state index in [0.717, 1.165) is 56.3 Å². The van der Waals surface area contributed by atoms with E-state index in [-0.39, 0.29) is 18.4 Å². The Balaban J connectivity index is 1.17. The molecule has 52 heavy (non-hydrogen) atoms. The third-order valence-corrected chi connectivity index (χ3v) is 11.1. The molecular formula is C30H42N8O10P2S2+2. The molecule has 0 aromatic carbocycles. The van der Waals surface area contributed by atoms with Crippen molar-refractivity contribution in [1.82, 2.24) is 39.0 Å². The fourth-order valence-electron chi connectivity index (χ4n) is 7.15. The maximum atomic E-state index is 11.8. The lowest BCUT2D eigenvalue weighted by Gasteiger charge is -2.24. The van der Waals surface area contributed by atoms with Gasteiger partial charge >= 0.3 is 14.5 Å². The quantitative estimate of drug-likeness (QED) is 0.0788. The Hall–Kier alpha value is -2.32. The Morgan fingerprint density at radius 2 is 1.52 bits per heavy atom. The molecule has 0 radical (unpaired) electrons. The lowest BCUT2D eigenvalue weighted by Crippen LogP contribution is -2.37. The second-order valence-corrected chi connectivity index (χ2v) is 16.3. The van der Waals surface area contributed by atoms with E-state index in [1.54, 1.807) is 22.4 Å². The predicted molar refractivity (Wildman–Crippen MR) is 192 cm³/mol. The van der Waals surface area contributed by atoms with Gasteiger partial charge < -0.3 is 29.9 Å². The van der Waals surface area contributed by atoms with E-state index in [2.05, 4.69) is 54.4 Å². The summed E-state index contributed by atoms with van der Waals surface area (Å²) < 4.78 is 48.5. The van der Waals surface area contributed by atoms with Crippen molar-refractivity contribution in [3.05, 3.63) is 36.7 Å². The molecule has 4 aromatic rings. The molecule has 0 bridgehead atoms. The first-order valence-corrected chi connectivity index (χ1v) is 21.6. The van der Waals surface area contributed by atoms with E-state index in [1.165, 1.54) is 19.0 Å². The van der Waals surface area contributed by atoms with Crippen LogP contribution < -0.4 is 0 Å². The summed E-state index contributed by atoms with van der Waals surface area (Å²) in [5.41, 5.74) is 3.96. The van der Waals surface area contributed by atoms with Crippen LogP contribution in [0.15, 0.2) is 25.3 Å². The summed E-state index contributed by atoms with van der Waals surface area (Å²) in [5.74, 6) is 0.226. The van der Waals surface area contributed by atoms with Gasteiger partial charge in [0.05, 0.1) is 37.3 Å². The smallest absolute Gasteiger partial charge is 0.394 e. The van der Waals surface area contributed by atoms with Gasteiger partial charge in [-0.15, -0.1) is 9.05 Å². The van der Waals surface area contributed by atoms with Crippen LogP contribution in [-0.4, -0.2) is 110 Å². The normalized spacial score (nSPS) is 26.8. The third kappa shape index (κ3) is 8.64. The van der Waals surface area contributed by atoms with E-state index < -0.39 is 70.6 Å². The van der Waals surface area contributed by atoms with E-state index in [0.29, 0.717) is 22.3 Å². The minimum Gasteiger partial charge on any atom is -0.394 e. The van der Waals surface area contributed by atoms with Crippen molar-refractivity contribution in [2.45, 2.75) is 107 Å². The average Bonchev–Trinajstić information content (AvgIpc) is 3.86. The minimum atomic E-state index is -2.37. The van der Waals surface area contributed by atoms with Crippen molar-refractivity contribution in [1.29, 1.82) is 0 Å². The molecule has 18 nitrogen and oxygen atoms in total. The van der Waals surface area contributed by atoms with Gasteiger partial charge in [0.25, 0.3) is 0 Å². The van der Waals surface area contributed by atoms with Crippen molar-refractivity contribution in [2.75, 3.05) is 19.8 Å². The highest BCUT2D eigenvalue weighted by molar-refractivity contribution is 8.39. The number of fused-ring (bicyclic) bond motifs is 2. The van der Waals surface area contributed by atoms with Gasteiger partial charge in [0, 0.05) is 11.8 Å². The Labute approximate surface area is 310 Å². The molecule has 0 spiro atoms. The van der Waals surface area contributed by atoms with Crippen LogP contribution in [0.5, 0.6) is 0 Å². The number of imidazole rings is 2. The molecule has 1 saturated heterocycles. The molecule has 1 aliphatic heterocycles. The fraction of sp³-hybridized carbons (Fsp3) is 0.667. The summed E-state index contributed by atoms with van der Waals surface area (Å²) in [6.45, 7) is 0.487. The number of ether oxygens (including phenoxy) is 2. The van der Waals surface area contributed by atoms with Gasteiger partial charge in [-0.3, -0.25) is 9.13 Å². The van der Waals surface area contributed by atoms with Crippen LogP contribution in [0.1, 0.15) is 87.5 Å². The van der Waals surface area contributed by atoms with Gasteiger partial charge in [-0.2, -0.15) is 0 Å². The molecule has 22 heteroatoms. The Kier molecular flexibility index (Phi) is 13.5. The van der Waals surface area contributed by atoms with Crippen LogP contribution in [0.3, 0.4) is 0 Å². The standard InChI is InChI=1S/C30H40N8O10P2S2/c1-16(46-20(9-39)19(41)11-45-49(43)51)37-14-35-24-22(31-12-33-28(24)37)17-5-2-3-6-18(8-4-7-17)23-25-29(34-13-32-23)38(15-36-25)30-27(48-50(44)52)26(42)21(10-40)47-30/h12-21,26-27,30,39-42H,2-11H2,1H3/p+2/t16-,17?,18?,19+,20?,21-,26-,27-,30?/m1/s1. The number of nitrogens with zero attached hydrogens (tertiary/aromatic N) is 8. The SMILES string of the molecule is C[C@@H](OC(CO)[C@@H](O)CO[P+](=O)S)n1cnc2c(C3CCCCC(c4ncnc5c4ncn5C4O[C@H](CO)[C@@H](O)[C@H]4O[P+](=O)S)CCC3)ncnc21. The fourth-order valence-corrected chi connectivity index (χ4v) is 8.39. The first-order chi connectivity index (χ1) is 25.1. The van der Waals surface area contributed by atoms with E-state index in [1.807, 2.05) is 0 Å². The predicted octanol–water partition coefficient (Wildman–Crippen LogP) is 3.66. The van der Waals surface area contributed by atoms with Crippen molar-refractivity contribution >= 4 is 61.3 Å². The van der Waals surface area contributed by atoms with Crippen LogP contribution in [0.2, 0.25) is 0 Å². The molecule has 1 saturated carbocycles. The number of hydrogen-bond acceptors (Lipinski definition) is 16. The maximum Gasteiger partial charge on any atom is 0.582 e. The lowest BCUT2D eigenvalue weighted by molar-refractivity contribution is -0.122. The van der Waals surface area contributed by atoms with Gasteiger partial charge in [-0.1, -0.05) is 19.3 Å². The number of thiol groups is 2. The summed E-state index contributed by atoms with van der Waals surface area (Å²) >= 11 is 7.52. The maximum absolute atomic E-state index is 11.8. The number of aliphatic hydroxyl groups excluding tert-OH is 4. The van der Waals surface area contributed by atoms with Gasteiger partial charge in [0.1, 0.15) is 85.4 Å². The molecule has 1 aliphatic carbocycles. The molecule has 5 heterocycles. The van der Waals surface area contributed by atoms with E-state index in [9.17, 15) is 29.6 Å². The monoisotopic (exact) mass is 800 g/mol. The highest BCUT2D eigenvalue weighted by Crippen LogP contribution is 2.42.